The normalized spacial score (nSPS) is 10.5. The van der Waals surface area contributed by atoms with E-state index in [1.807, 2.05) is 0 Å². The fraction of sp³-hybridized carbons (Fsp3) is 0.0714. The lowest BCUT2D eigenvalue weighted by Crippen LogP contribution is -2.16. The minimum Gasteiger partial charge on any atom is -0.396 e. The highest BCUT2D eigenvalue weighted by Gasteiger charge is 2.19. The number of carbonyl (C=O) groups is 1. The highest BCUT2D eigenvalue weighted by molar-refractivity contribution is 6.40. The molecule has 0 atom stereocenters. The number of halogens is 4. The summed E-state index contributed by atoms with van der Waals surface area (Å²) in [6.45, 7) is 1.72. The largest absolute Gasteiger partial charge is 0.396 e. The first-order chi connectivity index (χ1) is 9.81. The van der Waals surface area contributed by atoms with Gasteiger partial charge in [-0.05, 0) is 30.7 Å². The van der Waals surface area contributed by atoms with Gasteiger partial charge >= 0.3 is 0 Å². The summed E-state index contributed by atoms with van der Waals surface area (Å²) in [5, 5.41) is 2.77. The summed E-state index contributed by atoms with van der Waals surface area (Å²) in [7, 11) is 0. The zero-order valence-electron chi connectivity index (χ0n) is 10.8. The van der Waals surface area contributed by atoms with Crippen molar-refractivity contribution in [2.24, 2.45) is 0 Å². The number of hydrogen-bond acceptors (Lipinski definition) is 2. The summed E-state index contributed by atoms with van der Waals surface area (Å²) in [4.78, 5) is 12.1. The second-order valence-corrected chi connectivity index (χ2v) is 5.15. The second kappa shape index (κ2) is 5.87. The molecule has 0 radical (unpaired) electrons. The van der Waals surface area contributed by atoms with Crippen molar-refractivity contribution in [1.29, 1.82) is 0 Å². The molecule has 110 valence electrons. The summed E-state index contributed by atoms with van der Waals surface area (Å²) >= 11 is 12.0. The Morgan fingerprint density at radius 3 is 2.57 bits per heavy atom. The van der Waals surface area contributed by atoms with Crippen molar-refractivity contribution >= 4 is 40.5 Å². The Bertz CT molecular complexity index is 735. The highest BCUT2D eigenvalue weighted by atomic mass is 35.5. The van der Waals surface area contributed by atoms with Crippen molar-refractivity contribution in [3.63, 3.8) is 0 Å². The zero-order chi connectivity index (χ0) is 15.7. The van der Waals surface area contributed by atoms with E-state index in [0.29, 0.717) is 5.56 Å². The second-order valence-electron chi connectivity index (χ2n) is 4.36. The van der Waals surface area contributed by atoms with Gasteiger partial charge in [-0.15, -0.1) is 0 Å². The smallest absolute Gasteiger partial charge is 0.258 e. The summed E-state index contributed by atoms with van der Waals surface area (Å²) in [5.74, 6) is -2.72. The monoisotopic (exact) mass is 330 g/mol. The van der Waals surface area contributed by atoms with Gasteiger partial charge in [-0.25, -0.2) is 8.78 Å². The summed E-state index contributed by atoms with van der Waals surface area (Å²) in [6, 6.07) is 4.74. The molecular formula is C14H10Cl2F2N2O. The Labute approximate surface area is 129 Å². The highest BCUT2D eigenvalue weighted by Crippen LogP contribution is 2.33. The molecule has 21 heavy (non-hydrogen) atoms. The Balaban J connectivity index is 2.42. The molecule has 0 fully saturated rings. The average Bonchev–Trinajstić information content (AvgIpc) is 2.43. The van der Waals surface area contributed by atoms with Crippen LogP contribution in [-0.4, -0.2) is 5.91 Å². The van der Waals surface area contributed by atoms with E-state index in [-0.39, 0.29) is 15.7 Å². The number of benzene rings is 2. The van der Waals surface area contributed by atoms with Gasteiger partial charge in [0, 0.05) is 0 Å². The maximum atomic E-state index is 13.8. The van der Waals surface area contributed by atoms with Gasteiger partial charge in [-0.2, -0.15) is 0 Å². The molecule has 0 heterocycles. The van der Waals surface area contributed by atoms with E-state index in [0.717, 1.165) is 12.1 Å². The number of amides is 1. The predicted molar refractivity (Wildman–Crippen MR) is 79.9 cm³/mol. The number of aryl methyl sites for hydroxylation is 1. The Morgan fingerprint density at radius 2 is 1.90 bits per heavy atom. The number of nitrogens with two attached hydrogens (primary N) is 1. The standard InChI is InChI=1S/C14H10Cl2F2N2O/c1-6-2-3-9(15)13(11(6)16)20-14(21)8-4-7(17)5-10(19)12(8)18/h2-5H,19H2,1H3,(H,20,21). The fourth-order valence-corrected chi connectivity index (χ4v) is 2.19. The van der Waals surface area contributed by atoms with Gasteiger partial charge in [-0.1, -0.05) is 29.3 Å². The fourth-order valence-electron chi connectivity index (χ4n) is 1.73. The van der Waals surface area contributed by atoms with E-state index in [1.54, 1.807) is 13.0 Å². The van der Waals surface area contributed by atoms with E-state index in [2.05, 4.69) is 5.32 Å². The Morgan fingerprint density at radius 1 is 1.24 bits per heavy atom. The van der Waals surface area contributed by atoms with Crippen LogP contribution in [0.3, 0.4) is 0 Å². The quantitative estimate of drug-likeness (QED) is 0.801. The number of anilines is 2. The van der Waals surface area contributed by atoms with Crippen LogP contribution in [-0.2, 0) is 0 Å². The topological polar surface area (TPSA) is 55.1 Å². The molecule has 0 aromatic heterocycles. The lowest BCUT2D eigenvalue weighted by Gasteiger charge is -2.12. The first-order valence-corrected chi connectivity index (χ1v) is 6.57. The van der Waals surface area contributed by atoms with Gasteiger partial charge in [0.2, 0.25) is 0 Å². The third-order valence-corrected chi connectivity index (χ3v) is 3.63. The third-order valence-electron chi connectivity index (χ3n) is 2.83. The number of hydrogen-bond donors (Lipinski definition) is 2. The maximum Gasteiger partial charge on any atom is 0.258 e. The Kier molecular flexibility index (Phi) is 4.34. The maximum absolute atomic E-state index is 13.8. The molecule has 0 saturated heterocycles. The Hall–Kier alpha value is -1.85. The third kappa shape index (κ3) is 3.09. The molecule has 3 nitrogen and oxygen atoms in total. The van der Waals surface area contributed by atoms with Crippen molar-refractivity contribution in [3.05, 3.63) is 57.1 Å². The van der Waals surface area contributed by atoms with Crippen LogP contribution in [0.5, 0.6) is 0 Å². The van der Waals surface area contributed by atoms with Crippen LogP contribution >= 0.6 is 23.2 Å². The molecule has 7 heteroatoms. The molecule has 1 amide bonds. The van der Waals surface area contributed by atoms with Gasteiger partial charge in [0.1, 0.15) is 5.82 Å². The van der Waals surface area contributed by atoms with Crippen LogP contribution < -0.4 is 11.1 Å². The summed E-state index contributed by atoms with van der Waals surface area (Å²) in [5.41, 5.74) is 5.11. The van der Waals surface area contributed by atoms with Crippen molar-refractivity contribution in [2.45, 2.75) is 6.92 Å². The van der Waals surface area contributed by atoms with Gasteiger partial charge in [-0.3, -0.25) is 4.79 Å². The van der Waals surface area contributed by atoms with E-state index in [9.17, 15) is 13.6 Å². The molecule has 0 spiro atoms. The lowest BCUT2D eigenvalue weighted by atomic mass is 10.1. The van der Waals surface area contributed by atoms with Gasteiger partial charge in [0.15, 0.2) is 5.82 Å². The molecule has 2 aromatic carbocycles. The lowest BCUT2D eigenvalue weighted by molar-refractivity contribution is 0.102. The van der Waals surface area contributed by atoms with Gasteiger partial charge < -0.3 is 11.1 Å². The van der Waals surface area contributed by atoms with E-state index < -0.39 is 28.8 Å². The van der Waals surface area contributed by atoms with Crippen LogP contribution in [0.25, 0.3) is 0 Å². The van der Waals surface area contributed by atoms with Crippen LogP contribution in [0.15, 0.2) is 24.3 Å². The van der Waals surface area contributed by atoms with Crippen LogP contribution in [0, 0.1) is 18.6 Å². The molecule has 0 aliphatic carbocycles. The SMILES string of the molecule is Cc1ccc(Cl)c(NC(=O)c2cc(F)cc(N)c2F)c1Cl. The van der Waals surface area contributed by atoms with Crippen molar-refractivity contribution in [2.75, 3.05) is 11.1 Å². The number of carbonyl (C=O) groups excluding carboxylic acids is 1. The zero-order valence-corrected chi connectivity index (χ0v) is 12.3. The van der Waals surface area contributed by atoms with E-state index in [4.69, 9.17) is 28.9 Å². The van der Waals surface area contributed by atoms with Crippen molar-refractivity contribution in [1.82, 2.24) is 0 Å². The molecule has 0 unspecified atom stereocenters. The van der Waals surface area contributed by atoms with E-state index in [1.165, 1.54) is 6.07 Å². The average molecular weight is 331 g/mol. The van der Waals surface area contributed by atoms with Gasteiger partial charge in [0.05, 0.1) is 27.0 Å². The molecule has 3 N–H and O–H groups in total. The van der Waals surface area contributed by atoms with Crippen LogP contribution in [0.1, 0.15) is 15.9 Å². The molecule has 2 aromatic rings. The molecular weight excluding hydrogens is 321 g/mol. The number of nitrogens with one attached hydrogen (secondary N) is 1. The molecule has 0 bridgehead atoms. The van der Waals surface area contributed by atoms with Crippen LogP contribution in [0.4, 0.5) is 20.2 Å². The van der Waals surface area contributed by atoms with Crippen LogP contribution in [0.2, 0.25) is 10.0 Å². The number of rotatable bonds is 2. The molecule has 0 aliphatic rings. The van der Waals surface area contributed by atoms with Crippen molar-refractivity contribution in [3.8, 4) is 0 Å². The van der Waals surface area contributed by atoms with Crippen molar-refractivity contribution < 1.29 is 13.6 Å². The minimum atomic E-state index is -1.01. The minimum absolute atomic E-state index is 0.130. The molecule has 0 saturated carbocycles. The first-order valence-electron chi connectivity index (χ1n) is 5.81. The molecule has 0 aliphatic heterocycles. The van der Waals surface area contributed by atoms with Gasteiger partial charge in [0.25, 0.3) is 5.91 Å². The van der Waals surface area contributed by atoms with E-state index >= 15 is 0 Å². The summed E-state index contributed by atoms with van der Waals surface area (Å²) < 4.78 is 27.0. The number of nitrogen functional groups attached to an aromatic ring is 1. The first kappa shape index (κ1) is 15.5. The molecule has 2 rings (SSSR count). The predicted octanol–water partition coefficient (Wildman–Crippen LogP) is 4.41. The summed E-state index contributed by atoms with van der Waals surface area (Å²) in [6.07, 6.45) is 0.